The van der Waals surface area contributed by atoms with Crippen LogP contribution in [0.4, 0.5) is 5.69 Å². The molecule has 1 amide bonds. The number of anilines is 1. The first-order chi connectivity index (χ1) is 18.0. The first kappa shape index (κ1) is 27.3. The van der Waals surface area contributed by atoms with Crippen LogP contribution in [0, 0.1) is 6.92 Å². The highest BCUT2D eigenvalue weighted by molar-refractivity contribution is 6.51. The number of benzene rings is 3. The number of methoxy groups -OCH3 is 1. The van der Waals surface area contributed by atoms with E-state index < -0.39 is 17.7 Å². The second-order valence-electron chi connectivity index (χ2n) is 10.3. The summed E-state index contributed by atoms with van der Waals surface area (Å²) in [5.41, 5.74) is 3.15. The van der Waals surface area contributed by atoms with E-state index in [9.17, 15) is 14.7 Å². The predicted molar refractivity (Wildman–Crippen MR) is 150 cm³/mol. The molecule has 0 aromatic heterocycles. The van der Waals surface area contributed by atoms with Gasteiger partial charge in [0, 0.05) is 11.8 Å². The van der Waals surface area contributed by atoms with E-state index in [0.29, 0.717) is 28.6 Å². The summed E-state index contributed by atoms with van der Waals surface area (Å²) in [7, 11) is 1.44. The van der Waals surface area contributed by atoms with Crippen LogP contribution in [0.25, 0.3) is 5.76 Å². The van der Waals surface area contributed by atoms with Crippen molar-refractivity contribution in [1.29, 1.82) is 0 Å². The maximum Gasteiger partial charge on any atom is 0.300 e. The van der Waals surface area contributed by atoms with Gasteiger partial charge in [-0.3, -0.25) is 14.5 Å². The topological polar surface area (TPSA) is 76.1 Å². The third-order valence-corrected chi connectivity index (χ3v) is 6.87. The average molecular weight is 534 g/mol. The lowest BCUT2D eigenvalue weighted by Crippen LogP contribution is -2.29. The fourth-order valence-electron chi connectivity index (χ4n) is 4.73. The van der Waals surface area contributed by atoms with Gasteiger partial charge < -0.3 is 14.6 Å². The van der Waals surface area contributed by atoms with Crippen LogP contribution in [0.3, 0.4) is 0 Å². The predicted octanol–water partition coefficient (Wildman–Crippen LogP) is 6.98. The van der Waals surface area contributed by atoms with E-state index in [1.165, 1.54) is 12.0 Å². The molecule has 1 aliphatic heterocycles. The summed E-state index contributed by atoms with van der Waals surface area (Å²) in [5, 5.41) is 11.9. The van der Waals surface area contributed by atoms with Crippen LogP contribution in [0.2, 0.25) is 5.02 Å². The number of aliphatic hydroxyl groups excluding tert-OH is 1. The lowest BCUT2D eigenvalue weighted by Gasteiger charge is -2.27. The molecule has 3 aromatic rings. The molecule has 6 nitrogen and oxygen atoms in total. The Labute approximate surface area is 228 Å². The molecule has 1 saturated heterocycles. The fourth-order valence-corrected chi connectivity index (χ4v) is 5.08. The number of amides is 1. The summed E-state index contributed by atoms with van der Waals surface area (Å²) in [6, 6.07) is 17.3. The van der Waals surface area contributed by atoms with E-state index in [2.05, 4.69) is 20.8 Å². The van der Waals surface area contributed by atoms with E-state index >= 15 is 0 Å². The Morgan fingerprint density at radius 2 is 1.74 bits per heavy atom. The second-order valence-corrected chi connectivity index (χ2v) is 10.7. The zero-order chi connectivity index (χ0) is 27.8. The van der Waals surface area contributed by atoms with Crippen molar-refractivity contribution in [3.8, 4) is 11.5 Å². The minimum Gasteiger partial charge on any atom is -0.507 e. The number of hydrogen-bond donors (Lipinski definition) is 1. The van der Waals surface area contributed by atoms with Gasteiger partial charge in [-0.2, -0.15) is 0 Å². The summed E-state index contributed by atoms with van der Waals surface area (Å²) >= 11 is 6.40. The fraction of sp³-hybridized carbons (Fsp3) is 0.290. The van der Waals surface area contributed by atoms with Gasteiger partial charge in [0.1, 0.15) is 17.3 Å². The Kier molecular flexibility index (Phi) is 7.56. The summed E-state index contributed by atoms with van der Waals surface area (Å²) in [5.74, 6) is -1.10. The first-order valence-electron chi connectivity index (χ1n) is 12.5. The number of aryl methyl sites for hydroxylation is 1. The standard InChI is InChI=1S/C31H32ClNO5/c1-7-38-22-10-8-9-21(17-22)33-26(19-11-13-20(14-12-19)31(3,4)5)25(28(35)30(33)36)27(34)23-15-18(2)16-24(32)29(23)37-6/h8-17,26,34H,7H2,1-6H3/b27-25+. The number of ether oxygens (including phenoxy) is 2. The van der Waals surface area contributed by atoms with Gasteiger partial charge in [0.2, 0.25) is 0 Å². The first-order valence-corrected chi connectivity index (χ1v) is 12.8. The third kappa shape index (κ3) is 5.01. The smallest absolute Gasteiger partial charge is 0.300 e. The number of carbonyl (C=O) groups is 2. The molecule has 1 aliphatic rings. The summed E-state index contributed by atoms with van der Waals surface area (Å²) in [6.07, 6.45) is 0. The Bertz CT molecular complexity index is 1420. The molecule has 1 heterocycles. The van der Waals surface area contributed by atoms with Gasteiger partial charge in [0.05, 0.1) is 35.9 Å². The van der Waals surface area contributed by atoms with Gasteiger partial charge >= 0.3 is 0 Å². The Hall–Kier alpha value is -3.77. The van der Waals surface area contributed by atoms with Crippen molar-refractivity contribution in [2.75, 3.05) is 18.6 Å². The molecule has 0 spiro atoms. The van der Waals surface area contributed by atoms with Gasteiger partial charge in [0.25, 0.3) is 11.7 Å². The summed E-state index contributed by atoms with van der Waals surface area (Å²) < 4.78 is 11.1. The van der Waals surface area contributed by atoms with Crippen LogP contribution < -0.4 is 14.4 Å². The maximum absolute atomic E-state index is 13.6. The second kappa shape index (κ2) is 10.5. The number of rotatable bonds is 6. The highest BCUT2D eigenvalue weighted by Crippen LogP contribution is 2.45. The third-order valence-electron chi connectivity index (χ3n) is 6.59. The molecule has 198 valence electrons. The number of aliphatic hydroxyl groups is 1. The van der Waals surface area contributed by atoms with Crippen molar-refractivity contribution < 1.29 is 24.2 Å². The average Bonchev–Trinajstić information content (AvgIpc) is 3.13. The summed E-state index contributed by atoms with van der Waals surface area (Å²) in [4.78, 5) is 28.5. The normalized spacial score (nSPS) is 17.1. The Morgan fingerprint density at radius 3 is 2.34 bits per heavy atom. The van der Waals surface area contributed by atoms with Gasteiger partial charge in [0.15, 0.2) is 0 Å². The molecule has 1 N–H and O–H groups in total. The quantitative estimate of drug-likeness (QED) is 0.210. The number of nitrogens with zero attached hydrogens (tertiary/aromatic N) is 1. The molecule has 4 rings (SSSR count). The molecule has 1 fully saturated rings. The van der Waals surface area contributed by atoms with Crippen molar-refractivity contribution in [2.45, 2.75) is 46.1 Å². The highest BCUT2D eigenvalue weighted by atomic mass is 35.5. The molecule has 0 saturated carbocycles. The Morgan fingerprint density at radius 1 is 1.05 bits per heavy atom. The molecule has 0 bridgehead atoms. The number of ketones is 1. The lowest BCUT2D eigenvalue weighted by atomic mass is 9.85. The van der Waals surface area contributed by atoms with E-state index in [1.807, 2.05) is 38.1 Å². The van der Waals surface area contributed by atoms with Crippen molar-refractivity contribution in [2.24, 2.45) is 0 Å². The minimum atomic E-state index is -0.884. The number of hydrogen-bond acceptors (Lipinski definition) is 5. The van der Waals surface area contributed by atoms with Crippen LogP contribution >= 0.6 is 11.6 Å². The van der Waals surface area contributed by atoms with Crippen molar-refractivity contribution in [3.05, 3.63) is 93.5 Å². The SMILES string of the molecule is CCOc1cccc(N2C(=O)C(=O)/C(=C(/O)c3cc(C)cc(Cl)c3OC)C2c2ccc(C(C)(C)C)cc2)c1. The zero-order valence-electron chi connectivity index (χ0n) is 22.5. The van der Waals surface area contributed by atoms with Crippen molar-refractivity contribution in [3.63, 3.8) is 0 Å². The lowest BCUT2D eigenvalue weighted by molar-refractivity contribution is -0.132. The van der Waals surface area contributed by atoms with Gasteiger partial charge in [-0.1, -0.05) is 62.7 Å². The van der Waals surface area contributed by atoms with Crippen LogP contribution in [0.1, 0.15) is 56.0 Å². The van der Waals surface area contributed by atoms with Crippen LogP contribution in [-0.4, -0.2) is 30.5 Å². The maximum atomic E-state index is 13.6. The molecule has 38 heavy (non-hydrogen) atoms. The molecule has 3 aromatic carbocycles. The number of Topliss-reactive ketones (excluding diaryl/α,β-unsaturated/α-hetero) is 1. The Balaban J connectivity index is 1.98. The van der Waals surface area contributed by atoms with Gasteiger partial charge in [-0.05, 0) is 60.2 Å². The van der Waals surface area contributed by atoms with Crippen molar-refractivity contribution in [1.82, 2.24) is 0 Å². The van der Waals surface area contributed by atoms with Crippen LogP contribution in [-0.2, 0) is 15.0 Å². The summed E-state index contributed by atoms with van der Waals surface area (Å²) in [6.45, 7) is 10.5. The van der Waals surface area contributed by atoms with E-state index in [1.54, 1.807) is 36.4 Å². The molecule has 0 aliphatic carbocycles. The van der Waals surface area contributed by atoms with Crippen LogP contribution in [0.5, 0.6) is 11.5 Å². The molecule has 1 atom stereocenters. The van der Waals surface area contributed by atoms with E-state index in [4.69, 9.17) is 21.1 Å². The van der Waals surface area contributed by atoms with Gasteiger partial charge in [-0.15, -0.1) is 0 Å². The van der Waals surface area contributed by atoms with E-state index in [-0.39, 0.29) is 28.1 Å². The highest BCUT2D eigenvalue weighted by Gasteiger charge is 2.47. The molecular weight excluding hydrogens is 502 g/mol. The number of carbonyl (C=O) groups excluding carboxylic acids is 2. The van der Waals surface area contributed by atoms with Crippen LogP contribution in [0.15, 0.2) is 66.2 Å². The number of halogens is 1. The molecule has 1 unspecified atom stereocenters. The monoisotopic (exact) mass is 533 g/mol. The van der Waals surface area contributed by atoms with E-state index in [0.717, 1.165) is 11.1 Å². The molecule has 7 heteroatoms. The molecular formula is C31H32ClNO5. The zero-order valence-corrected chi connectivity index (χ0v) is 23.2. The largest absolute Gasteiger partial charge is 0.507 e. The van der Waals surface area contributed by atoms with Gasteiger partial charge in [-0.25, -0.2) is 0 Å². The molecule has 0 radical (unpaired) electrons. The van der Waals surface area contributed by atoms with Crippen molar-refractivity contribution >= 4 is 34.7 Å². The minimum absolute atomic E-state index is 0.0414.